The summed E-state index contributed by atoms with van der Waals surface area (Å²) in [6.45, 7) is -0.268. The third-order valence-corrected chi connectivity index (χ3v) is 5.06. The summed E-state index contributed by atoms with van der Waals surface area (Å²) in [7, 11) is 0. The fraction of sp³-hybridized carbons (Fsp3) is 0.700. The maximum atomic E-state index is 13.3. The van der Waals surface area contributed by atoms with E-state index in [1.54, 1.807) is 12.2 Å². The molecule has 0 saturated heterocycles. The van der Waals surface area contributed by atoms with E-state index in [-0.39, 0.29) is 6.42 Å². The Hall–Kier alpha value is -1.17. The normalized spacial score (nSPS) is 24.4. The second-order valence-electron chi connectivity index (χ2n) is 7.13. The molecule has 0 aromatic carbocycles. The Bertz CT molecular complexity index is 550. The van der Waals surface area contributed by atoms with Gasteiger partial charge in [-0.15, -0.1) is 0 Å². The van der Waals surface area contributed by atoms with Crippen LogP contribution in [0.4, 0.5) is 22.0 Å². The van der Waals surface area contributed by atoms with E-state index >= 15 is 0 Å². The molecular weight excluding hydrogens is 351 g/mol. The molecule has 0 aliphatic heterocycles. The number of allylic oxidation sites excluding steroid dienone is 4. The average molecular weight is 378 g/mol. The summed E-state index contributed by atoms with van der Waals surface area (Å²) in [4.78, 5) is 0. The summed E-state index contributed by atoms with van der Waals surface area (Å²) in [6, 6.07) is 0. The molecule has 1 nitrogen and oxygen atoms in total. The summed E-state index contributed by atoms with van der Waals surface area (Å²) >= 11 is 0. The Labute approximate surface area is 152 Å². The minimum absolute atomic E-state index is 0.0705. The van der Waals surface area contributed by atoms with Crippen LogP contribution in [0, 0.1) is 5.92 Å². The lowest BCUT2D eigenvalue weighted by Crippen LogP contribution is -2.46. The lowest BCUT2D eigenvalue weighted by molar-refractivity contribution is -0.358. The molecule has 0 heterocycles. The molecule has 26 heavy (non-hydrogen) atoms. The van der Waals surface area contributed by atoms with Gasteiger partial charge in [0.1, 0.15) is 0 Å². The summed E-state index contributed by atoms with van der Waals surface area (Å²) in [6.07, 6.45) is 9.02. The minimum atomic E-state index is -4.82. The first-order valence-corrected chi connectivity index (χ1v) is 9.36. The van der Waals surface area contributed by atoms with E-state index < -0.39 is 24.8 Å². The predicted molar refractivity (Wildman–Crippen MR) is 92.1 cm³/mol. The highest BCUT2D eigenvalue weighted by atomic mass is 19.3. The van der Waals surface area contributed by atoms with E-state index in [0.717, 1.165) is 24.8 Å². The molecule has 2 aliphatic carbocycles. The van der Waals surface area contributed by atoms with Crippen LogP contribution in [-0.4, -0.2) is 24.8 Å². The van der Waals surface area contributed by atoms with Crippen molar-refractivity contribution in [3.8, 4) is 0 Å². The predicted octanol–water partition coefficient (Wildman–Crippen LogP) is 6.76. The summed E-state index contributed by atoms with van der Waals surface area (Å²) in [5.41, 5.74) is 2.12. The van der Waals surface area contributed by atoms with Gasteiger partial charge in [-0.25, -0.2) is 4.39 Å². The molecule has 2 rings (SSSR count). The van der Waals surface area contributed by atoms with E-state index in [9.17, 15) is 22.0 Å². The van der Waals surface area contributed by atoms with Crippen molar-refractivity contribution in [1.29, 1.82) is 0 Å². The number of hydrogen-bond donors (Lipinski definition) is 0. The fourth-order valence-electron chi connectivity index (χ4n) is 3.38. The van der Waals surface area contributed by atoms with E-state index in [4.69, 9.17) is 0 Å². The largest absolute Gasteiger partial charge is 0.422 e. The molecule has 0 aromatic rings. The Morgan fingerprint density at radius 3 is 2.42 bits per heavy atom. The van der Waals surface area contributed by atoms with E-state index in [1.807, 2.05) is 0 Å². The molecule has 0 N–H and O–H groups in total. The summed E-state index contributed by atoms with van der Waals surface area (Å²) in [5.74, 6) is -4.11. The van der Waals surface area contributed by atoms with Gasteiger partial charge in [-0.05, 0) is 42.7 Å². The zero-order valence-electron chi connectivity index (χ0n) is 15.1. The molecule has 148 valence electrons. The number of rotatable bonds is 9. The maximum Gasteiger partial charge on any atom is 0.422 e. The van der Waals surface area contributed by atoms with Crippen LogP contribution in [-0.2, 0) is 4.74 Å². The molecule has 6 heteroatoms. The van der Waals surface area contributed by atoms with Crippen molar-refractivity contribution in [1.82, 2.24) is 0 Å². The first-order valence-electron chi connectivity index (χ1n) is 9.36. The van der Waals surface area contributed by atoms with E-state index in [0.29, 0.717) is 5.92 Å². The molecule has 2 atom stereocenters. The monoisotopic (exact) mass is 378 g/mol. The van der Waals surface area contributed by atoms with Gasteiger partial charge >= 0.3 is 12.0 Å². The lowest BCUT2D eigenvalue weighted by atomic mass is 9.82. The Kier molecular flexibility index (Phi) is 7.44. The molecule has 0 spiro atoms. The van der Waals surface area contributed by atoms with Crippen molar-refractivity contribution in [3.63, 3.8) is 0 Å². The number of unbranched alkanes of at least 4 members (excludes halogenated alkanes) is 2. The van der Waals surface area contributed by atoms with Crippen molar-refractivity contribution < 1.29 is 26.7 Å². The first kappa shape index (κ1) is 21.1. The van der Waals surface area contributed by atoms with Gasteiger partial charge in [0.25, 0.3) is 0 Å². The van der Waals surface area contributed by atoms with Gasteiger partial charge in [0.15, 0.2) is 6.67 Å². The van der Waals surface area contributed by atoms with Gasteiger partial charge in [-0.1, -0.05) is 56.9 Å². The SMILES string of the molecule is CCCCCC1CC=C(C2=CCC(OC(F)(F)C(F)(F)CF)C=C2)CC1. The van der Waals surface area contributed by atoms with E-state index in [2.05, 4.69) is 17.7 Å². The number of alkyl halides is 5. The molecule has 0 amide bonds. The highest BCUT2D eigenvalue weighted by Crippen LogP contribution is 2.38. The average Bonchev–Trinajstić information content (AvgIpc) is 2.63. The van der Waals surface area contributed by atoms with Gasteiger partial charge in [0.2, 0.25) is 0 Å². The third kappa shape index (κ3) is 5.41. The van der Waals surface area contributed by atoms with Crippen LogP contribution in [0.2, 0.25) is 0 Å². The minimum Gasteiger partial charge on any atom is -0.308 e. The van der Waals surface area contributed by atoms with Gasteiger partial charge < -0.3 is 4.74 Å². The lowest BCUT2D eigenvalue weighted by Gasteiger charge is -2.28. The molecule has 0 aromatic heterocycles. The molecule has 0 radical (unpaired) electrons. The molecule has 2 aliphatic rings. The second kappa shape index (κ2) is 9.16. The van der Waals surface area contributed by atoms with Crippen LogP contribution in [0.25, 0.3) is 0 Å². The quantitative estimate of drug-likeness (QED) is 0.318. The van der Waals surface area contributed by atoms with Crippen LogP contribution in [0.15, 0.2) is 35.5 Å². The van der Waals surface area contributed by atoms with Crippen LogP contribution >= 0.6 is 0 Å². The molecule has 2 unspecified atom stereocenters. The highest BCUT2D eigenvalue weighted by molar-refractivity contribution is 5.42. The second-order valence-corrected chi connectivity index (χ2v) is 7.13. The number of ether oxygens (including phenoxy) is 1. The smallest absolute Gasteiger partial charge is 0.308 e. The van der Waals surface area contributed by atoms with Gasteiger partial charge in [-0.3, -0.25) is 0 Å². The number of halogens is 5. The van der Waals surface area contributed by atoms with Crippen LogP contribution < -0.4 is 0 Å². The van der Waals surface area contributed by atoms with Gasteiger partial charge in [-0.2, -0.15) is 17.6 Å². The van der Waals surface area contributed by atoms with Crippen molar-refractivity contribution in [2.24, 2.45) is 5.92 Å². The van der Waals surface area contributed by atoms with Gasteiger partial charge in [0, 0.05) is 0 Å². The van der Waals surface area contributed by atoms with Crippen molar-refractivity contribution in [2.75, 3.05) is 6.67 Å². The number of hydrogen-bond acceptors (Lipinski definition) is 1. The highest BCUT2D eigenvalue weighted by Gasteiger charge is 2.59. The topological polar surface area (TPSA) is 9.23 Å². The summed E-state index contributed by atoms with van der Waals surface area (Å²) in [5, 5.41) is 0. The van der Waals surface area contributed by atoms with Crippen LogP contribution in [0.1, 0.15) is 58.3 Å². The molecule has 0 bridgehead atoms. The zero-order valence-corrected chi connectivity index (χ0v) is 15.1. The van der Waals surface area contributed by atoms with E-state index in [1.165, 1.54) is 37.3 Å². The van der Waals surface area contributed by atoms with Crippen molar-refractivity contribution in [3.05, 3.63) is 35.5 Å². The Morgan fingerprint density at radius 1 is 1.12 bits per heavy atom. The van der Waals surface area contributed by atoms with Crippen LogP contribution in [0.3, 0.4) is 0 Å². The molecular formula is C20H27F5O. The van der Waals surface area contributed by atoms with Gasteiger partial charge in [0.05, 0.1) is 6.10 Å². The summed E-state index contributed by atoms with van der Waals surface area (Å²) < 4.78 is 68.7. The Morgan fingerprint density at radius 2 is 1.88 bits per heavy atom. The standard InChI is InChI=1S/C20H27F5O/c1-2-3-4-5-15-6-8-16(9-7-15)17-10-12-18(13-11-17)26-20(24,25)19(22,23)14-21/h8,10-12,15,18H,2-7,9,13-14H2,1H3. The third-order valence-electron chi connectivity index (χ3n) is 5.06. The molecule has 0 saturated carbocycles. The van der Waals surface area contributed by atoms with Crippen molar-refractivity contribution >= 4 is 0 Å². The zero-order chi connectivity index (χ0) is 19.2. The van der Waals surface area contributed by atoms with Crippen molar-refractivity contribution in [2.45, 2.75) is 76.4 Å². The maximum absolute atomic E-state index is 13.3. The Balaban J connectivity index is 1.86. The molecule has 0 fully saturated rings. The first-order chi connectivity index (χ1) is 12.3. The fourth-order valence-corrected chi connectivity index (χ4v) is 3.38. The van der Waals surface area contributed by atoms with Crippen LogP contribution in [0.5, 0.6) is 0 Å².